The summed E-state index contributed by atoms with van der Waals surface area (Å²) >= 11 is 1.58. The van der Waals surface area contributed by atoms with Gasteiger partial charge in [0.25, 0.3) is 0 Å². The summed E-state index contributed by atoms with van der Waals surface area (Å²) < 4.78 is 0. The Morgan fingerprint density at radius 3 is 2.77 bits per heavy atom. The maximum atomic E-state index is 10.1. The van der Waals surface area contributed by atoms with Crippen LogP contribution in [-0.2, 0) is 0 Å². The molecule has 74 valence electrons. The predicted octanol–water partition coefficient (Wildman–Crippen LogP) is 2.16. The molecule has 2 atom stereocenters. The van der Waals surface area contributed by atoms with E-state index in [-0.39, 0.29) is 5.41 Å². The Balaban J connectivity index is 2.82. The number of rotatable bonds is 4. The summed E-state index contributed by atoms with van der Waals surface area (Å²) in [5.41, 5.74) is 5.48. The fourth-order valence-corrected chi connectivity index (χ4v) is 2.12. The summed E-state index contributed by atoms with van der Waals surface area (Å²) in [5, 5.41) is 12.0. The van der Waals surface area contributed by atoms with Gasteiger partial charge in [-0.25, -0.2) is 0 Å². The zero-order valence-corrected chi connectivity index (χ0v) is 8.97. The molecule has 3 N–H and O–H groups in total. The van der Waals surface area contributed by atoms with Crippen LogP contribution in [0.2, 0.25) is 0 Å². The smallest absolute Gasteiger partial charge is 0.0947 e. The van der Waals surface area contributed by atoms with Crippen molar-refractivity contribution in [1.29, 1.82) is 0 Å². The second kappa shape index (κ2) is 4.22. The second-order valence-electron chi connectivity index (χ2n) is 3.63. The van der Waals surface area contributed by atoms with Crippen molar-refractivity contribution < 1.29 is 5.11 Å². The molecule has 0 spiro atoms. The molecule has 1 aromatic heterocycles. The van der Waals surface area contributed by atoms with Crippen molar-refractivity contribution in [1.82, 2.24) is 0 Å². The predicted molar refractivity (Wildman–Crippen MR) is 56.7 cm³/mol. The highest BCUT2D eigenvalue weighted by Crippen LogP contribution is 2.37. The highest BCUT2D eigenvalue weighted by Gasteiger charge is 2.31. The van der Waals surface area contributed by atoms with Crippen molar-refractivity contribution in [2.24, 2.45) is 11.1 Å². The average Bonchev–Trinajstić information content (AvgIpc) is 2.68. The molecule has 0 aliphatic heterocycles. The number of aliphatic hydroxyl groups is 1. The van der Waals surface area contributed by atoms with Gasteiger partial charge in [-0.1, -0.05) is 19.9 Å². The molecule has 0 bridgehead atoms. The number of nitrogens with two attached hydrogens (primary N) is 1. The fourth-order valence-electron chi connectivity index (χ4n) is 1.24. The van der Waals surface area contributed by atoms with Gasteiger partial charge in [-0.2, -0.15) is 0 Å². The van der Waals surface area contributed by atoms with E-state index in [1.807, 2.05) is 24.4 Å². The molecule has 0 fully saturated rings. The van der Waals surface area contributed by atoms with Crippen molar-refractivity contribution in [2.45, 2.75) is 26.4 Å². The minimum absolute atomic E-state index is 0.190. The van der Waals surface area contributed by atoms with Crippen LogP contribution in [0.4, 0.5) is 0 Å². The molecular weight excluding hydrogens is 182 g/mol. The quantitative estimate of drug-likeness (QED) is 0.780. The van der Waals surface area contributed by atoms with E-state index in [0.29, 0.717) is 6.54 Å². The lowest BCUT2D eigenvalue weighted by Gasteiger charge is -2.31. The highest BCUT2D eigenvalue weighted by atomic mass is 32.1. The first kappa shape index (κ1) is 10.7. The largest absolute Gasteiger partial charge is 0.387 e. The van der Waals surface area contributed by atoms with Crippen LogP contribution in [0.3, 0.4) is 0 Å². The molecule has 0 aliphatic carbocycles. The maximum absolute atomic E-state index is 10.1. The van der Waals surface area contributed by atoms with Crippen molar-refractivity contribution in [3.05, 3.63) is 22.4 Å². The molecular formula is C10H17NOS. The average molecular weight is 199 g/mol. The van der Waals surface area contributed by atoms with E-state index in [2.05, 4.69) is 6.92 Å². The maximum Gasteiger partial charge on any atom is 0.0947 e. The first-order chi connectivity index (χ1) is 6.14. The molecule has 0 amide bonds. The third kappa shape index (κ3) is 2.10. The van der Waals surface area contributed by atoms with E-state index in [4.69, 9.17) is 5.73 Å². The van der Waals surface area contributed by atoms with E-state index in [1.165, 1.54) is 0 Å². The van der Waals surface area contributed by atoms with Gasteiger partial charge in [-0.3, -0.25) is 0 Å². The van der Waals surface area contributed by atoms with Gasteiger partial charge in [0.15, 0.2) is 0 Å². The molecule has 2 nitrogen and oxygen atoms in total. The summed E-state index contributed by atoms with van der Waals surface area (Å²) in [4.78, 5) is 1.01. The van der Waals surface area contributed by atoms with Crippen LogP contribution in [0.15, 0.2) is 17.5 Å². The normalized spacial score (nSPS) is 18.2. The van der Waals surface area contributed by atoms with Gasteiger partial charge >= 0.3 is 0 Å². The Labute approximate surface area is 83.4 Å². The summed E-state index contributed by atoms with van der Waals surface area (Å²) in [6.45, 7) is 4.60. The second-order valence-corrected chi connectivity index (χ2v) is 4.61. The number of aliphatic hydroxyl groups excluding tert-OH is 1. The Morgan fingerprint density at radius 1 is 1.69 bits per heavy atom. The van der Waals surface area contributed by atoms with Gasteiger partial charge in [0, 0.05) is 16.8 Å². The fraction of sp³-hybridized carbons (Fsp3) is 0.600. The minimum Gasteiger partial charge on any atom is -0.387 e. The molecule has 0 saturated heterocycles. The van der Waals surface area contributed by atoms with Crippen LogP contribution >= 0.6 is 11.3 Å². The Hall–Kier alpha value is -0.380. The van der Waals surface area contributed by atoms with E-state index in [1.54, 1.807) is 11.3 Å². The number of thiophene rings is 1. The van der Waals surface area contributed by atoms with Gasteiger partial charge < -0.3 is 10.8 Å². The van der Waals surface area contributed by atoms with E-state index in [9.17, 15) is 5.11 Å². The molecule has 2 unspecified atom stereocenters. The molecule has 13 heavy (non-hydrogen) atoms. The van der Waals surface area contributed by atoms with Crippen molar-refractivity contribution in [3.8, 4) is 0 Å². The molecule has 0 aromatic carbocycles. The molecule has 1 rings (SSSR count). The van der Waals surface area contributed by atoms with Crippen molar-refractivity contribution in [3.63, 3.8) is 0 Å². The van der Waals surface area contributed by atoms with Crippen molar-refractivity contribution >= 4 is 11.3 Å². The van der Waals surface area contributed by atoms with Gasteiger partial charge in [0.2, 0.25) is 0 Å². The van der Waals surface area contributed by atoms with E-state index in [0.717, 1.165) is 11.3 Å². The summed E-state index contributed by atoms with van der Waals surface area (Å²) in [6, 6.07) is 3.91. The van der Waals surface area contributed by atoms with Crippen LogP contribution in [0.1, 0.15) is 31.2 Å². The molecule has 0 aliphatic rings. The van der Waals surface area contributed by atoms with Crippen LogP contribution in [0, 0.1) is 5.41 Å². The molecule has 1 aromatic rings. The Bertz CT molecular complexity index is 241. The third-order valence-electron chi connectivity index (χ3n) is 2.75. The highest BCUT2D eigenvalue weighted by molar-refractivity contribution is 7.10. The van der Waals surface area contributed by atoms with Crippen LogP contribution in [0.25, 0.3) is 0 Å². The number of hydrogen-bond acceptors (Lipinski definition) is 3. The van der Waals surface area contributed by atoms with Gasteiger partial charge in [-0.05, 0) is 17.9 Å². The molecule has 3 heteroatoms. The van der Waals surface area contributed by atoms with E-state index >= 15 is 0 Å². The Kier molecular flexibility index (Phi) is 3.47. The van der Waals surface area contributed by atoms with Gasteiger partial charge in [-0.15, -0.1) is 11.3 Å². The zero-order valence-electron chi connectivity index (χ0n) is 8.16. The number of hydrogen-bond donors (Lipinski definition) is 2. The topological polar surface area (TPSA) is 46.2 Å². The lowest BCUT2D eigenvalue weighted by atomic mass is 9.81. The van der Waals surface area contributed by atoms with Gasteiger partial charge in [0.05, 0.1) is 6.10 Å². The first-order valence-corrected chi connectivity index (χ1v) is 5.43. The Morgan fingerprint density at radius 2 is 2.38 bits per heavy atom. The van der Waals surface area contributed by atoms with Crippen LogP contribution in [-0.4, -0.2) is 11.7 Å². The van der Waals surface area contributed by atoms with E-state index < -0.39 is 6.10 Å². The zero-order chi connectivity index (χ0) is 9.90. The SMILES string of the molecule is CCC(C)(CN)C(O)c1cccs1. The van der Waals surface area contributed by atoms with Crippen LogP contribution < -0.4 is 5.73 Å². The minimum atomic E-state index is -0.428. The first-order valence-electron chi connectivity index (χ1n) is 4.55. The molecule has 1 heterocycles. The summed E-state index contributed by atoms with van der Waals surface area (Å²) in [7, 11) is 0. The molecule has 0 saturated carbocycles. The standard InChI is InChI=1S/C10H17NOS/c1-3-10(2,7-11)9(12)8-5-4-6-13-8/h4-6,9,12H,3,7,11H2,1-2H3. The monoisotopic (exact) mass is 199 g/mol. The van der Waals surface area contributed by atoms with Gasteiger partial charge in [0.1, 0.15) is 0 Å². The van der Waals surface area contributed by atoms with Crippen LogP contribution in [0.5, 0.6) is 0 Å². The summed E-state index contributed by atoms with van der Waals surface area (Å²) in [6.07, 6.45) is 0.463. The third-order valence-corrected chi connectivity index (χ3v) is 3.67. The molecule has 0 radical (unpaired) electrons. The lowest BCUT2D eigenvalue weighted by Crippen LogP contribution is -2.32. The lowest BCUT2D eigenvalue weighted by molar-refractivity contribution is 0.0420. The van der Waals surface area contributed by atoms with Crippen molar-refractivity contribution in [2.75, 3.05) is 6.54 Å². The summed E-state index contributed by atoms with van der Waals surface area (Å²) in [5.74, 6) is 0.